The zero-order valence-corrected chi connectivity index (χ0v) is 26.1. The first-order valence-electron chi connectivity index (χ1n) is 14.9. The highest BCUT2D eigenvalue weighted by molar-refractivity contribution is 8.26. The van der Waals surface area contributed by atoms with Gasteiger partial charge in [-0.25, -0.2) is 0 Å². The van der Waals surface area contributed by atoms with Crippen molar-refractivity contribution in [3.8, 4) is 0 Å². The lowest BCUT2D eigenvalue weighted by atomic mass is 10.1. The Balaban J connectivity index is 1.37. The second-order valence-electron chi connectivity index (χ2n) is 11.0. The number of hydrogen-bond acceptors (Lipinski definition) is 5. The largest absolute Gasteiger partial charge is 0.325 e. The predicted octanol–water partition coefficient (Wildman–Crippen LogP) is 7.78. The molecule has 6 nitrogen and oxygen atoms in total. The summed E-state index contributed by atoms with van der Waals surface area (Å²) in [6.45, 7) is 6.66. The molecule has 0 radical (unpaired) electrons. The van der Waals surface area contributed by atoms with Crippen LogP contribution < -0.4 is 10.2 Å². The van der Waals surface area contributed by atoms with Crippen LogP contribution in [0.25, 0.3) is 5.57 Å². The molecule has 0 atom stereocenters. The van der Waals surface area contributed by atoms with E-state index in [-0.39, 0.29) is 24.3 Å². The van der Waals surface area contributed by atoms with Crippen molar-refractivity contribution in [2.75, 3.05) is 23.3 Å². The van der Waals surface area contributed by atoms with Crippen molar-refractivity contribution in [2.24, 2.45) is 0 Å². The minimum atomic E-state index is -0.346. The van der Waals surface area contributed by atoms with E-state index in [9.17, 15) is 14.4 Å². The van der Waals surface area contributed by atoms with E-state index >= 15 is 0 Å². The van der Waals surface area contributed by atoms with Crippen LogP contribution in [0.15, 0.2) is 47.4 Å². The lowest BCUT2D eigenvalue weighted by Gasteiger charge is -2.17. The van der Waals surface area contributed by atoms with Gasteiger partial charge in [0.05, 0.1) is 16.2 Å². The zero-order valence-electron chi connectivity index (χ0n) is 24.5. The van der Waals surface area contributed by atoms with E-state index in [0.29, 0.717) is 38.3 Å². The van der Waals surface area contributed by atoms with E-state index in [4.69, 9.17) is 12.2 Å². The average Bonchev–Trinajstić information content (AvgIpc) is 3.38. The molecule has 41 heavy (non-hydrogen) atoms. The Hall–Kier alpha value is -2.97. The first kappa shape index (κ1) is 31.0. The first-order chi connectivity index (χ1) is 19.8. The SMILES string of the molecule is CCCCCCCCCCCCN1C(=O)/C(=C2/C(=O)N(CC(=O)Nc3ccc(C)c(C)c3)c3ccccc32)SC1=S. The van der Waals surface area contributed by atoms with Gasteiger partial charge in [0.15, 0.2) is 0 Å². The first-order valence-corrected chi connectivity index (χ1v) is 16.1. The number of amides is 3. The smallest absolute Gasteiger partial charge is 0.267 e. The number of thiocarbonyl (C=S) groups is 1. The van der Waals surface area contributed by atoms with Crippen LogP contribution >= 0.6 is 24.0 Å². The van der Waals surface area contributed by atoms with E-state index in [1.807, 2.05) is 56.3 Å². The van der Waals surface area contributed by atoms with Gasteiger partial charge in [-0.2, -0.15) is 0 Å². The highest BCUT2D eigenvalue weighted by Gasteiger charge is 2.42. The van der Waals surface area contributed by atoms with Crippen LogP contribution in [0, 0.1) is 13.8 Å². The van der Waals surface area contributed by atoms with Gasteiger partial charge in [-0.1, -0.05) is 113 Å². The number of aryl methyl sites for hydroxylation is 2. The zero-order chi connectivity index (χ0) is 29.4. The van der Waals surface area contributed by atoms with Gasteiger partial charge in [0.2, 0.25) is 5.91 Å². The van der Waals surface area contributed by atoms with Crippen molar-refractivity contribution in [2.45, 2.75) is 85.0 Å². The molecule has 0 unspecified atom stereocenters. The third kappa shape index (κ3) is 7.66. The molecule has 1 saturated heterocycles. The Kier molecular flexibility index (Phi) is 11.2. The van der Waals surface area contributed by atoms with Gasteiger partial charge in [0.25, 0.3) is 11.8 Å². The van der Waals surface area contributed by atoms with E-state index in [2.05, 4.69) is 12.2 Å². The van der Waals surface area contributed by atoms with Crippen LogP contribution in [0.5, 0.6) is 0 Å². The Morgan fingerprint density at radius 2 is 1.49 bits per heavy atom. The fourth-order valence-corrected chi connectivity index (χ4v) is 6.70. The fraction of sp³-hybridized carbons (Fsp3) is 0.455. The summed E-state index contributed by atoms with van der Waals surface area (Å²) in [7, 11) is 0. The third-order valence-electron chi connectivity index (χ3n) is 7.83. The van der Waals surface area contributed by atoms with E-state index < -0.39 is 0 Å². The van der Waals surface area contributed by atoms with Crippen LogP contribution in [-0.2, 0) is 14.4 Å². The molecule has 0 saturated carbocycles. The maximum atomic E-state index is 13.7. The fourth-order valence-electron chi connectivity index (χ4n) is 5.32. The summed E-state index contributed by atoms with van der Waals surface area (Å²) in [5, 5.41) is 2.90. The molecule has 218 valence electrons. The predicted molar refractivity (Wildman–Crippen MR) is 174 cm³/mol. The maximum absolute atomic E-state index is 13.7. The summed E-state index contributed by atoms with van der Waals surface area (Å²) in [5.74, 6) is -0.859. The second-order valence-corrected chi connectivity index (χ2v) is 12.6. The van der Waals surface area contributed by atoms with Crippen molar-refractivity contribution >= 4 is 63.0 Å². The highest BCUT2D eigenvalue weighted by Crippen LogP contribution is 2.44. The molecule has 0 spiro atoms. The third-order valence-corrected chi connectivity index (χ3v) is 9.28. The summed E-state index contributed by atoms with van der Waals surface area (Å²) >= 11 is 6.77. The number of anilines is 2. The molecule has 0 aromatic heterocycles. The number of unbranched alkanes of at least 4 members (excludes halogenated alkanes) is 9. The highest BCUT2D eigenvalue weighted by atomic mass is 32.2. The number of carbonyl (C=O) groups is 3. The van der Waals surface area contributed by atoms with Crippen molar-refractivity contribution < 1.29 is 14.4 Å². The Morgan fingerprint density at radius 3 is 2.17 bits per heavy atom. The molecule has 2 aliphatic heterocycles. The van der Waals surface area contributed by atoms with Gasteiger partial charge >= 0.3 is 0 Å². The van der Waals surface area contributed by atoms with Crippen molar-refractivity contribution in [1.82, 2.24) is 4.90 Å². The minimum Gasteiger partial charge on any atom is -0.325 e. The molecule has 0 bridgehead atoms. The van der Waals surface area contributed by atoms with Gasteiger partial charge in [0.1, 0.15) is 10.9 Å². The number of carbonyl (C=O) groups excluding carboxylic acids is 3. The molecule has 2 aliphatic rings. The summed E-state index contributed by atoms with van der Waals surface area (Å²) in [6.07, 6.45) is 12.2. The number of rotatable bonds is 14. The number of nitrogens with one attached hydrogen (secondary N) is 1. The Labute approximate surface area is 253 Å². The maximum Gasteiger partial charge on any atom is 0.267 e. The molecule has 1 fully saturated rings. The molecular weight excluding hydrogens is 551 g/mol. The monoisotopic (exact) mass is 591 g/mol. The van der Waals surface area contributed by atoms with E-state index in [1.54, 1.807) is 4.90 Å². The quantitative estimate of drug-likeness (QED) is 0.138. The molecule has 2 aromatic carbocycles. The molecule has 1 N–H and O–H groups in total. The summed E-state index contributed by atoms with van der Waals surface area (Å²) in [6, 6.07) is 13.0. The number of hydrogen-bond donors (Lipinski definition) is 1. The molecule has 4 rings (SSSR count). The van der Waals surface area contributed by atoms with Gasteiger partial charge in [-0.3, -0.25) is 24.2 Å². The summed E-state index contributed by atoms with van der Waals surface area (Å²) in [4.78, 5) is 43.6. The van der Waals surface area contributed by atoms with Crippen LogP contribution in [0.3, 0.4) is 0 Å². The van der Waals surface area contributed by atoms with E-state index in [0.717, 1.165) is 30.4 Å². The van der Waals surface area contributed by atoms with Gasteiger partial charge in [-0.05, 0) is 49.6 Å². The van der Waals surface area contributed by atoms with E-state index in [1.165, 1.54) is 61.6 Å². The number of nitrogens with zero attached hydrogens (tertiary/aromatic N) is 2. The van der Waals surface area contributed by atoms with Crippen LogP contribution in [0.2, 0.25) is 0 Å². The van der Waals surface area contributed by atoms with Gasteiger partial charge < -0.3 is 5.32 Å². The molecule has 8 heteroatoms. The topological polar surface area (TPSA) is 69.7 Å². The number of thioether (sulfide) groups is 1. The molecule has 3 amide bonds. The lowest BCUT2D eigenvalue weighted by molar-refractivity contribution is -0.122. The van der Waals surface area contributed by atoms with Crippen molar-refractivity contribution in [3.05, 3.63) is 64.1 Å². The number of benzene rings is 2. The van der Waals surface area contributed by atoms with Crippen LogP contribution in [0.4, 0.5) is 11.4 Å². The van der Waals surface area contributed by atoms with Crippen LogP contribution in [-0.4, -0.2) is 40.0 Å². The average molecular weight is 592 g/mol. The molecule has 0 aliphatic carbocycles. The molecule has 2 heterocycles. The van der Waals surface area contributed by atoms with Crippen LogP contribution in [0.1, 0.15) is 87.8 Å². The Morgan fingerprint density at radius 1 is 0.829 bits per heavy atom. The van der Waals surface area contributed by atoms with Gasteiger partial charge in [0, 0.05) is 17.8 Å². The van der Waals surface area contributed by atoms with Crippen molar-refractivity contribution in [3.63, 3.8) is 0 Å². The number of para-hydroxylation sites is 1. The standard InChI is InChI=1S/C33H41N3O3S2/c1-4-5-6-7-8-9-10-11-12-15-20-35-32(39)30(41-33(35)40)29-26-16-13-14-17-27(26)36(31(29)38)22-28(37)34-25-19-18-23(2)24(3)21-25/h13-14,16-19,21H,4-12,15,20,22H2,1-3H3,(H,34,37)/b30-29-. The number of fused-ring (bicyclic) bond motifs is 1. The summed E-state index contributed by atoms with van der Waals surface area (Å²) in [5.41, 5.74) is 4.53. The second kappa shape index (κ2) is 14.8. The minimum absolute atomic E-state index is 0.148. The summed E-state index contributed by atoms with van der Waals surface area (Å²) < 4.78 is 0.490. The molecular formula is C33H41N3O3S2. The normalized spacial score (nSPS) is 16.6. The van der Waals surface area contributed by atoms with Gasteiger partial charge in [-0.15, -0.1) is 0 Å². The Bertz CT molecular complexity index is 1340. The molecule has 2 aromatic rings. The lowest BCUT2D eigenvalue weighted by Crippen LogP contribution is -2.35. The van der Waals surface area contributed by atoms with Crippen molar-refractivity contribution in [1.29, 1.82) is 0 Å².